The Hall–Kier alpha value is -3.01. The molecule has 14 nitrogen and oxygen atoms in total. The van der Waals surface area contributed by atoms with Gasteiger partial charge in [-0.15, -0.1) is 11.8 Å². The van der Waals surface area contributed by atoms with Crippen LogP contribution in [-0.4, -0.2) is 88.5 Å². The number of aliphatic hydroxyl groups is 1. The van der Waals surface area contributed by atoms with Crippen molar-refractivity contribution in [2.75, 3.05) is 17.2 Å². The molecule has 2 aromatic heterocycles. The van der Waals surface area contributed by atoms with Crippen molar-refractivity contribution in [3.8, 4) is 0 Å². The summed E-state index contributed by atoms with van der Waals surface area (Å²) in [5.74, 6) is -3.38. The van der Waals surface area contributed by atoms with E-state index in [9.17, 15) is 24.6 Å². The fourth-order valence-electron chi connectivity index (χ4n) is 2.95. The molecule has 1 saturated heterocycles. The van der Waals surface area contributed by atoms with Crippen LogP contribution in [0.4, 0.5) is 5.82 Å². The van der Waals surface area contributed by atoms with Crippen molar-refractivity contribution in [3.05, 3.63) is 12.7 Å². The van der Waals surface area contributed by atoms with Crippen LogP contribution in [0.2, 0.25) is 0 Å². The summed E-state index contributed by atoms with van der Waals surface area (Å²) in [5, 5.41) is 31.2. The number of carboxylic acid groups (broad SMARTS) is 2. The van der Waals surface area contributed by atoms with Gasteiger partial charge in [-0.1, -0.05) is 0 Å². The van der Waals surface area contributed by atoms with Gasteiger partial charge in [0.05, 0.1) is 24.2 Å². The van der Waals surface area contributed by atoms with Gasteiger partial charge in [0.15, 0.2) is 23.8 Å². The highest BCUT2D eigenvalue weighted by Gasteiger charge is 2.49. The molecule has 0 spiro atoms. The molecule has 0 aliphatic carbocycles. The number of nitrogens with zero attached hydrogens (tertiary/aromatic N) is 4. The lowest BCUT2D eigenvalue weighted by molar-refractivity contribution is -0.152. The highest BCUT2D eigenvalue weighted by Crippen LogP contribution is 2.32. The summed E-state index contributed by atoms with van der Waals surface area (Å²) in [6, 6.07) is -2.44. The molecule has 1 aliphatic heterocycles. The third-order valence-electron chi connectivity index (χ3n) is 4.35. The number of hydrogen-bond acceptors (Lipinski definition) is 11. The molecule has 0 aromatic carbocycles. The summed E-state index contributed by atoms with van der Waals surface area (Å²) in [6.45, 7) is 0. The number of imidazole rings is 1. The number of carboxylic acids is 2. The van der Waals surface area contributed by atoms with E-state index in [-0.39, 0.29) is 28.5 Å². The van der Waals surface area contributed by atoms with E-state index < -0.39 is 48.4 Å². The van der Waals surface area contributed by atoms with Crippen LogP contribution in [0, 0.1) is 0 Å². The number of aliphatic hydroxyl groups excluding tert-OH is 1. The molecule has 5 unspecified atom stereocenters. The number of rotatable bonds is 8. The number of aliphatic carboxylic acids is 2. The lowest BCUT2D eigenvalue weighted by atomic mass is 10.1. The molecular weight excluding hydrogens is 422 g/mol. The van der Waals surface area contributed by atoms with Crippen LogP contribution in [-0.2, 0) is 19.1 Å². The van der Waals surface area contributed by atoms with Gasteiger partial charge in [-0.05, 0) is 0 Å². The van der Waals surface area contributed by atoms with Crippen LogP contribution in [0.15, 0.2) is 12.7 Å². The van der Waals surface area contributed by atoms with E-state index in [4.69, 9.17) is 21.3 Å². The molecule has 15 heteroatoms. The van der Waals surface area contributed by atoms with Gasteiger partial charge in [-0.3, -0.25) is 14.2 Å². The molecule has 5 atom stereocenters. The molecule has 0 bridgehead atoms. The van der Waals surface area contributed by atoms with Gasteiger partial charge in [0, 0.05) is 5.75 Å². The molecule has 1 amide bonds. The average Bonchev–Trinajstić information content (AvgIpc) is 3.24. The minimum atomic E-state index is -1.58. The fourth-order valence-corrected chi connectivity index (χ4v) is 3.65. The Labute approximate surface area is 172 Å². The smallest absolute Gasteiger partial charge is 0.335 e. The van der Waals surface area contributed by atoms with E-state index in [1.54, 1.807) is 0 Å². The summed E-state index contributed by atoms with van der Waals surface area (Å²) in [6.07, 6.45) is -1.85. The lowest BCUT2D eigenvalue weighted by Crippen LogP contribution is -2.54. The quantitative estimate of drug-likeness (QED) is 0.247. The van der Waals surface area contributed by atoms with Crippen molar-refractivity contribution >= 4 is 46.6 Å². The first-order chi connectivity index (χ1) is 14.2. The molecule has 30 heavy (non-hydrogen) atoms. The number of nitrogen functional groups attached to an aromatic ring is 1. The summed E-state index contributed by atoms with van der Waals surface area (Å²) >= 11 is 0.931. The van der Waals surface area contributed by atoms with Crippen molar-refractivity contribution in [3.63, 3.8) is 0 Å². The van der Waals surface area contributed by atoms with E-state index in [0.29, 0.717) is 0 Å². The Morgan fingerprint density at radius 2 is 2.03 bits per heavy atom. The second-order valence-electron chi connectivity index (χ2n) is 6.41. The topological polar surface area (TPSA) is 229 Å². The van der Waals surface area contributed by atoms with E-state index in [2.05, 4.69) is 20.3 Å². The Balaban J connectivity index is 1.77. The van der Waals surface area contributed by atoms with Gasteiger partial charge in [-0.25, -0.2) is 19.7 Å². The summed E-state index contributed by atoms with van der Waals surface area (Å²) < 4.78 is 6.76. The van der Waals surface area contributed by atoms with Crippen LogP contribution in [0.25, 0.3) is 11.2 Å². The van der Waals surface area contributed by atoms with E-state index in [1.165, 1.54) is 17.2 Å². The normalized spacial score (nSPS) is 24.6. The SMILES string of the molecule is Nc1ncnc2c1ncn2C1OC(C(=O)O)C(NC(=O)C(N)CSCC(=O)O)C1O. The van der Waals surface area contributed by atoms with E-state index in [0.717, 1.165) is 11.8 Å². The maximum Gasteiger partial charge on any atom is 0.335 e. The van der Waals surface area contributed by atoms with E-state index >= 15 is 0 Å². The zero-order chi connectivity index (χ0) is 22.0. The van der Waals surface area contributed by atoms with Crippen molar-refractivity contribution < 1.29 is 34.4 Å². The summed E-state index contributed by atoms with van der Waals surface area (Å²) in [5.41, 5.74) is 11.9. The maximum absolute atomic E-state index is 12.3. The second-order valence-corrected chi connectivity index (χ2v) is 7.44. The summed E-state index contributed by atoms with van der Waals surface area (Å²) in [4.78, 5) is 46.4. The number of anilines is 1. The molecular formula is C15H19N7O7S. The van der Waals surface area contributed by atoms with Crippen LogP contribution in [0.1, 0.15) is 6.23 Å². The third kappa shape index (κ3) is 4.28. The maximum atomic E-state index is 12.3. The molecule has 162 valence electrons. The predicted molar refractivity (Wildman–Crippen MR) is 102 cm³/mol. The fraction of sp³-hybridized carbons (Fsp3) is 0.467. The first-order valence-electron chi connectivity index (χ1n) is 8.55. The minimum Gasteiger partial charge on any atom is -0.481 e. The first kappa shape index (κ1) is 21.7. The van der Waals surface area contributed by atoms with Crippen molar-refractivity contribution in [1.29, 1.82) is 0 Å². The molecule has 0 saturated carbocycles. The number of carbonyl (C=O) groups excluding carboxylic acids is 1. The Morgan fingerprint density at radius 3 is 2.70 bits per heavy atom. The molecule has 3 heterocycles. The second kappa shape index (κ2) is 8.78. The highest BCUT2D eigenvalue weighted by molar-refractivity contribution is 8.00. The van der Waals surface area contributed by atoms with Crippen LogP contribution >= 0.6 is 11.8 Å². The number of ether oxygens (including phenoxy) is 1. The van der Waals surface area contributed by atoms with Gasteiger partial charge >= 0.3 is 11.9 Å². The largest absolute Gasteiger partial charge is 0.481 e. The minimum absolute atomic E-state index is 0.00860. The average molecular weight is 441 g/mol. The van der Waals surface area contributed by atoms with Gasteiger partial charge in [0.1, 0.15) is 17.9 Å². The van der Waals surface area contributed by atoms with Crippen LogP contribution < -0.4 is 16.8 Å². The number of thioether (sulfide) groups is 1. The number of nitrogens with one attached hydrogen (secondary N) is 1. The number of nitrogens with two attached hydrogens (primary N) is 2. The van der Waals surface area contributed by atoms with Crippen LogP contribution in [0.5, 0.6) is 0 Å². The zero-order valence-corrected chi connectivity index (χ0v) is 16.1. The van der Waals surface area contributed by atoms with Crippen molar-refractivity contribution in [1.82, 2.24) is 24.8 Å². The third-order valence-corrected chi connectivity index (χ3v) is 5.39. The Morgan fingerprint density at radius 1 is 1.30 bits per heavy atom. The summed E-state index contributed by atoms with van der Waals surface area (Å²) in [7, 11) is 0. The standard InChI is InChI=1S/C15H19N7O7S/c16-5(1-30-2-6(23)24)13(26)21-7-9(25)14(29-10(7)15(27)28)22-4-20-8-11(17)18-3-19-12(8)22/h3-5,7,9-10,14,25H,1-2,16H2,(H,21,26)(H,23,24)(H,27,28)(H2,17,18,19). The molecule has 2 aromatic rings. The molecule has 3 rings (SSSR count). The molecule has 1 fully saturated rings. The zero-order valence-electron chi connectivity index (χ0n) is 15.3. The number of amides is 1. The molecule has 0 radical (unpaired) electrons. The Bertz CT molecular complexity index is 970. The van der Waals surface area contributed by atoms with Crippen molar-refractivity contribution in [2.45, 2.75) is 30.5 Å². The number of aromatic nitrogens is 4. The van der Waals surface area contributed by atoms with Gasteiger partial charge in [-0.2, -0.15) is 0 Å². The van der Waals surface area contributed by atoms with Crippen LogP contribution in [0.3, 0.4) is 0 Å². The van der Waals surface area contributed by atoms with Gasteiger partial charge in [0.2, 0.25) is 5.91 Å². The van der Waals surface area contributed by atoms with E-state index in [1.807, 2.05) is 0 Å². The number of fused-ring (bicyclic) bond motifs is 1. The lowest BCUT2D eigenvalue weighted by Gasteiger charge is -2.22. The Kier molecular flexibility index (Phi) is 6.35. The first-order valence-corrected chi connectivity index (χ1v) is 9.71. The van der Waals surface area contributed by atoms with Gasteiger partial charge in [0.25, 0.3) is 0 Å². The monoisotopic (exact) mass is 441 g/mol. The predicted octanol–water partition coefficient (Wildman–Crippen LogP) is -2.62. The number of carbonyl (C=O) groups is 3. The highest BCUT2D eigenvalue weighted by atomic mass is 32.2. The van der Waals surface area contributed by atoms with Gasteiger partial charge < -0.3 is 36.8 Å². The van der Waals surface area contributed by atoms with Crippen molar-refractivity contribution in [2.24, 2.45) is 5.73 Å². The molecule has 1 aliphatic rings. The molecule has 8 N–H and O–H groups in total. The number of hydrogen-bond donors (Lipinski definition) is 6.